The normalized spacial score (nSPS) is 17.6. The smallest absolute Gasteiger partial charge is 0.0597 e. The maximum absolute atomic E-state index is 5.72. The van der Waals surface area contributed by atoms with Gasteiger partial charge in [-0.15, -0.1) is 0 Å². The number of nitrogens with two attached hydrogens (primary N) is 1. The van der Waals surface area contributed by atoms with E-state index in [1.54, 1.807) is 0 Å². The summed E-state index contributed by atoms with van der Waals surface area (Å²) in [7, 11) is 2.05. The van der Waals surface area contributed by atoms with Gasteiger partial charge in [-0.3, -0.25) is 9.58 Å². The van der Waals surface area contributed by atoms with Gasteiger partial charge in [0.15, 0.2) is 0 Å². The summed E-state index contributed by atoms with van der Waals surface area (Å²) in [6, 6.07) is 2.95. The average Bonchev–Trinajstić information content (AvgIpc) is 2.65. The standard InChI is InChI=1S/C16H30N4/c1-14-12-16(19(2)18-14)13-20(11-7-10-17)15-8-5-3-4-6-9-15/h12,15H,3-11,13,17H2,1-2H3. The summed E-state index contributed by atoms with van der Waals surface area (Å²) in [5, 5.41) is 4.47. The number of aromatic nitrogens is 2. The van der Waals surface area contributed by atoms with Gasteiger partial charge >= 0.3 is 0 Å². The molecular formula is C16H30N4. The van der Waals surface area contributed by atoms with E-state index in [9.17, 15) is 0 Å². The predicted octanol–water partition coefficient (Wildman–Crippen LogP) is 2.60. The molecule has 0 aromatic carbocycles. The molecule has 2 N–H and O–H groups in total. The van der Waals surface area contributed by atoms with Crippen molar-refractivity contribution in [1.29, 1.82) is 0 Å². The monoisotopic (exact) mass is 278 g/mol. The Bertz CT molecular complexity index is 391. The van der Waals surface area contributed by atoms with Crippen LogP contribution in [0.4, 0.5) is 0 Å². The van der Waals surface area contributed by atoms with Gasteiger partial charge in [-0.25, -0.2) is 0 Å². The second-order valence-corrected chi connectivity index (χ2v) is 6.16. The highest BCUT2D eigenvalue weighted by Gasteiger charge is 2.21. The SMILES string of the molecule is Cc1cc(CN(CCCN)C2CCCCCC2)n(C)n1. The first-order valence-corrected chi connectivity index (χ1v) is 8.14. The highest BCUT2D eigenvalue weighted by Crippen LogP contribution is 2.23. The Morgan fingerprint density at radius 1 is 1.30 bits per heavy atom. The summed E-state index contributed by atoms with van der Waals surface area (Å²) in [4.78, 5) is 2.65. The van der Waals surface area contributed by atoms with E-state index in [1.165, 1.54) is 44.2 Å². The van der Waals surface area contributed by atoms with Gasteiger partial charge in [0.1, 0.15) is 0 Å². The third-order valence-electron chi connectivity index (χ3n) is 4.45. The summed E-state index contributed by atoms with van der Waals surface area (Å²) in [6.07, 6.45) is 9.37. The van der Waals surface area contributed by atoms with Crippen LogP contribution >= 0.6 is 0 Å². The van der Waals surface area contributed by atoms with Crippen LogP contribution in [-0.4, -0.2) is 33.8 Å². The zero-order chi connectivity index (χ0) is 14.4. The molecule has 0 bridgehead atoms. The van der Waals surface area contributed by atoms with Crippen molar-refractivity contribution >= 4 is 0 Å². The van der Waals surface area contributed by atoms with Gasteiger partial charge < -0.3 is 5.73 Å². The predicted molar refractivity (Wildman–Crippen MR) is 83.5 cm³/mol. The minimum Gasteiger partial charge on any atom is -0.330 e. The molecule has 2 rings (SSSR count). The lowest BCUT2D eigenvalue weighted by Crippen LogP contribution is -2.36. The fourth-order valence-electron chi connectivity index (χ4n) is 3.33. The van der Waals surface area contributed by atoms with Crippen LogP contribution in [0.5, 0.6) is 0 Å². The van der Waals surface area contributed by atoms with Gasteiger partial charge in [0.05, 0.1) is 11.4 Å². The van der Waals surface area contributed by atoms with E-state index in [-0.39, 0.29) is 0 Å². The zero-order valence-electron chi connectivity index (χ0n) is 13.1. The van der Waals surface area contributed by atoms with Gasteiger partial charge in [0, 0.05) is 26.2 Å². The Hall–Kier alpha value is -0.870. The highest BCUT2D eigenvalue weighted by atomic mass is 15.3. The molecule has 1 saturated carbocycles. The summed E-state index contributed by atoms with van der Waals surface area (Å²) in [5.41, 5.74) is 8.16. The number of hydrogen-bond acceptors (Lipinski definition) is 3. The van der Waals surface area contributed by atoms with Crippen LogP contribution in [-0.2, 0) is 13.6 Å². The van der Waals surface area contributed by atoms with Crippen molar-refractivity contribution in [3.63, 3.8) is 0 Å². The molecular weight excluding hydrogens is 248 g/mol. The van der Waals surface area contributed by atoms with Crippen LogP contribution in [0.2, 0.25) is 0 Å². The van der Waals surface area contributed by atoms with Crippen LogP contribution in [0, 0.1) is 6.92 Å². The van der Waals surface area contributed by atoms with Crippen molar-refractivity contribution in [3.05, 3.63) is 17.5 Å². The lowest BCUT2D eigenvalue weighted by atomic mass is 10.1. The summed E-state index contributed by atoms with van der Waals surface area (Å²) in [5.74, 6) is 0. The fourth-order valence-corrected chi connectivity index (χ4v) is 3.33. The molecule has 0 unspecified atom stereocenters. The molecule has 0 amide bonds. The van der Waals surface area contributed by atoms with E-state index in [4.69, 9.17) is 5.73 Å². The van der Waals surface area contributed by atoms with Crippen molar-refractivity contribution in [2.24, 2.45) is 12.8 Å². The van der Waals surface area contributed by atoms with Crippen LogP contribution in [0.15, 0.2) is 6.07 Å². The van der Waals surface area contributed by atoms with E-state index in [0.717, 1.165) is 37.8 Å². The summed E-state index contributed by atoms with van der Waals surface area (Å²) >= 11 is 0. The van der Waals surface area contributed by atoms with Crippen LogP contribution in [0.1, 0.15) is 56.3 Å². The minimum atomic E-state index is 0.735. The number of rotatable bonds is 6. The lowest BCUT2D eigenvalue weighted by molar-refractivity contribution is 0.165. The average molecular weight is 278 g/mol. The highest BCUT2D eigenvalue weighted by molar-refractivity contribution is 5.08. The minimum absolute atomic E-state index is 0.735. The molecule has 1 aliphatic rings. The number of hydrogen-bond donors (Lipinski definition) is 1. The van der Waals surface area contributed by atoms with Crippen molar-refractivity contribution < 1.29 is 0 Å². The van der Waals surface area contributed by atoms with E-state index in [0.29, 0.717) is 0 Å². The third kappa shape index (κ3) is 4.32. The van der Waals surface area contributed by atoms with Crippen molar-refractivity contribution in [2.75, 3.05) is 13.1 Å². The third-order valence-corrected chi connectivity index (χ3v) is 4.45. The molecule has 20 heavy (non-hydrogen) atoms. The largest absolute Gasteiger partial charge is 0.330 e. The molecule has 0 aliphatic heterocycles. The Kier molecular flexibility index (Phi) is 6.05. The molecule has 1 aliphatic carbocycles. The van der Waals surface area contributed by atoms with Crippen molar-refractivity contribution in [3.8, 4) is 0 Å². The molecule has 114 valence electrons. The molecule has 0 radical (unpaired) electrons. The molecule has 1 aromatic rings. The Morgan fingerprint density at radius 2 is 2.00 bits per heavy atom. The Morgan fingerprint density at radius 3 is 2.55 bits per heavy atom. The Labute approximate surface area is 123 Å². The van der Waals surface area contributed by atoms with E-state index in [1.807, 2.05) is 4.68 Å². The van der Waals surface area contributed by atoms with E-state index in [2.05, 4.69) is 30.0 Å². The maximum Gasteiger partial charge on any atom is 0.0597 e. The molecule has 1 aromatic heterocycles. The quantitative estimate of drug-likeness (QED) is 0.814. The summed E-state index contributed by atoms with van der Waals surface area (Å²) < 4.78 is 2.03. The number of nitrogens with zero attached hydrogens (tertiary/aromatic N) is 3. The molecule has 4 nitrogen and oxygen atoms in total. The number of aryl methyl sites for hydroxylation is 2. The molecule has 1 fully saturated rings. The second-order valence-electron chi connectivity index (χ2n) is 6.16. The van der Waals surface area contributed by atoms with Crippen molar-refractivity contribution in [2.45, 2.75) is 64.5 Å². The molecule has 1 heterocycles. The first kappa shape index (κ1) is 15.5. The Balaban J connectivity index is 2.03. The molecule has 0 spiro atoms. The van der Waals surface area contributed by atoms with Gasteiger partial charge in [0.25, 0.3) is 0 Å². The second kappa shape index (κ2) is 7.79. The van der Waals surface area contributed by atoms with E-state index >= 15 is 0 Å². The fraction of sp³-hybridized carbons (Fsp3) is 0.812. The first-order chi connectivity index (χ1) is 9.70. The molecule has 0 atom stereocenters. The molecule has 0 saturated heterocycles. The van der Waals surface area contributed by atoms with Crippen LogP contribution in [0.3, 0.4) is 0 Å². The molecule has 4 heteroatoms. The van der Waals surface area contributed by atoms with Gasteiger partial charge in [-0.05, 0) is 38.8 Å². The summed E-state index contributed by atoms with van der Waals surface area (Å²) in [6.45, 7) is 4.99. The van der Waals surface area contributed by atoms with Crippen LogP contribution < -0.4 is 5.73 Å². The topological polar surface area (TPSA) is 47.1 Å². The van der Waals surface area contributed by atoms with Gasteiger partial charge in [-0.1, -0.05) is 25.7 Å². The van der Waals surface area contributed by atoms with Crippen molar-refractivity contribution in [1.82, 2.24) is 14.7 Å². The van der Waals surface area contributed by atoms with Gasteiger partial charge in [-0.2, -0.15) is 5.10 Å². The lowest BCUT2D eigenvalue weighted by Gasteiger charge is -2.31. The maximum atomic E-state index is 5.72. The zero-order valence-corrected chi connectivity index (χ0v) is 13.1. The van der Waals surface area contributed by atoms with E-state index < -0.39 is 0 Å². The van der Waals surface area contributed by atoms with Crippen LogP contribution in [0.25, 0.3) is 0 Å². The first-order valence-electron chi connectivity index (χ1n) is 8.14. The van der Waals surface area contributed by atoms with Gasteiger partial charge in [0.2, 0.25) is 0 Å².